The van der Waals surface area contributed by atoms with Gasteiger partial charge in [-0.25, -0.2) is 4.79 Å². The monoisotopic (exact) mass is 531 g/mol. The third-order valence-corrected chi connectivity index (χ3v) is 8.18. The van der Waals surface area contributed by atoms with Crippen molar-refractivity contribution < 1.29 is 28.5 Å². The summed E-state index contributed by atoms with van der Waals surface area (Å²) < 4.78 is 22.9. The van der Waals surface area contributed by atoms with Gasteiger partial charge in [0.15, 0.2) is 11.5 Å². The van der Waals surface area contributed by atoms with Gasteiger partial charge in [0.2, 0.25) is 0 Å². The lowest BCUT2D eigenvalue weighted by Crippen LogP contribution is -2.41. The number of benzene rings is 2. The predicted octanol–water partition coefficient (Wildman–Crippen LogP) is 6.16. The Kier molecular flexibility index (Phi) is 8.05. The number of carbonyl (C=O) groups is 2. The van der Waals surface area contributed by atoms with E-state index in [-0.39, 0.29) is 23.8 Å². The number of hydrogen-bond acceptors (Lipinski definition) is 7. The molecule has 5 rings (SSSR count). The molecule has 0 N–H and O–H groups in total. The van der Waals surface area contributed by atoms with Gasteiger partial charge in [-0.15, -0.1) is 0 Å². The fourth-order valence-corrected chi connectivity index (χ4v) is 6.37. The van der Waals surface area contributed by atoms with E-state index in [1.807, 2.05) is 56.3 Å². The van der Waals surface area contributed by atoms with Crippen LogP contribution >= 0.6 is 0 Å². The number of esters is 1. The molecule has 2 saturated carbocycles. The number of nitrogens with zero attached hydrogens (tertiary/aromatic N) is 1. The Morgan fingerprint density at radius 2 is 1.69 bits per heavy atom. The lowest BCUT2D eigenvalue weighted by Gasteiger charge is -2.38. The van der Waals surface area contributed by atoms with Crippen LogP contribution in [-0.2, 0) is 14.3 Å². The molecule has 0 aromatic heterocycles. The summed E-state index contributed by atoms with van der Waals surface area (Å²) in [6.45, 7) is 4.27. The van der Waals surface area contributed by atoms with Crippen LogP contribution in [0.5, 0.6) is 17.2 Å². The predicted molar refractivity (Wildman–Crippen MR) is 149 cm³/mol. The molecule has 3 atom stereocenters. The smallest absolute Gasteiger partial charge is 0.336 e. The van der Waals surface area contributed by atoms with Crippen LogP contribution in [0, 0.1) is 5.92 Å². The molecule has 0 spiro atoms. The Morgan fingerprint density at radius 1 is 0.949 bits per heavy atom. The van der Waals surface area contributed by atoms with Crippen LogP contribution in [0.1, 0.15) is 75.3 Å². The fourth-order valence-electron chi connectivity index (χ4n) is 6.37. The number of hydrogen-bond donors (Lipinski definition) is 0. The van der Waals surface area contributed by atoms with E-state index in [4.69, 9.17) is 23.9 Å². The SMILES string of the molecule is CCOc1ccccc1[C@@H]1C(C(=O)OC2CCCC2)=C(C)N=C2C[C@H](c3ccc(OC)c(OC)c3)CC(=O)C21. The number of allylic oxidation sites excluding steroid dienone is 1. The number of rotatable bonds is 8. The first-order chi connectivity index (χ1) is 18.9. The standard InChI is InChI=1S/C32H37NO6/c1-5-38-26-13-9-8-12-23(26)30-29(32(35)39-22-10-6-7-11-22)19(2)33-24-16-21(17-25(34)31(24)30)20-14-15-27(36-3)28(18-20)37-4/h8-9,12-15,18,21-22,30-31H,5-7,10-11,16-17H2,1-4H3/t21-,30+,31?/m0/s1. The normalized spacial score (nSPS) is 23.2. The first-order valence-corrected chi connectivity index (χ1v) is 13.9. The highest BCUT2D eigenvalue weighted by Gasteiger charge is 2.47. The molecular weight excluding hydrogens is 494 g/mol. The molecule has 7 nitrogen and oxygen atoms in total. The zero-order valence-corrected chi connectivity index (χ0v) is 23.2. The van der Waals surface area contributed by atoms with Crippen LogP contribution < -0.4 is 14.2 Å². The van der Waals surface area contributed by atoms with Crippen molar-refractivity contribution in [1.82, 2.24) is 0 Å². The van der Waals surface area contributed by atoms with Gasteiger partial charge < -0.3 is 18.9 Å². The van der Waals surface area contributed by atoms with Crippen molar-refractivity contribution in [2.24, 2.45) is 10.9 Å². The average Bonchev–Trinajstić information content (AvgIpc) is 3.45. The van der Waals surface area contributed by atoms with Crippen molar-refractivity contribution in [3.63, 3.8) is 0 Å². The molecule has 2 aliphatic carbocycles. The van der Waals surface area contributed by atoms with Crippen molar-refractivity contribution in [1.29, 1.82) is 0 Å². The zero-order valence-electron chi connectivity index (χ0n) is 23.2. The van der Waals surface area contributed by atoms with Crippen molar-refractivity contribution >= 4 is 17.5 Å². The Morgan fingerprint density at radius 3 is 2.41 bits per heavy atom. The highest BCUT2D eigenvalue weighted by atomic mass is 16.5. The van der Waals surface area contributed by atoms with Crippen LogP contribution in [0.4, 0.5) is 0 Å². The van der Waals surface area contributed by atoms with Gasteiger partial charge in [-0.1, -0.05) is 24.3 Å². The van der Waals surface area contributed by atoms with Crippen LogP contribution in [0.2, 0.25) is 0 Å². The number of Topliss-reactive ketones (excluding diaryl/α,β-unsaturated/α-hetero) is 1. The second kappa shape index (κ2) is 11.6. The number of ketones is 1. The molecule has 1 aliphatic heterocycles. The molecule has 2 aromatic rings. The summed E-state index contributed by atoms with van der Waals surface area (Å²) in [4.78, 5) is 32.6. The van der Waals surface area contributed by atoms with E-state index in [0.29, 0.717) is 48.0 Å². The highest BCUT2D eigenvalue weighted by molar-refractivity contribution is 6.12. The van der Waals surface area contributed by atoms with E-state index in [1.165, 1.54) is 0 Å². The molecule has 0 saturated heterocycles. The Bertz CT molecular complexity index is 1310. The van der Waals surface area contributed by atoms with Gasteiger partial charge in [-0.05, 0) is 75.6 Å². The number of aliphatic imine (C=N–C) groups is 1. The number of methoxy groups -OCH3 is 2. The fraction of sp³-hybridized carbons (Fsp3) is 0.469. The van der Waals surface area contributed by atoms with Crippen molar-refractivity contribution in [2.45, 2.75) is 70.3 Å². The summed E-state index contributed by atoms with van der Waals surface area (Å²) in [6, 6.07) is 13.5. The zero-order chi connectivity index (χ0) is 27.5. The van der Waals surface area contributed by atoms with Gasteiger partial charge in [0.05, 0.1) is 32.3 Å². The van der Waals surface area contributed by atoms with Crippen molar-refractivity contribution in [3.05, 3.63) is 64.9 Å². The summed E-state index contributed by atoms with van der Waals surface area (Å²) >= 11 is 0. The average molecular weight is 532 g/mol. The Hall–Kier alpha value is -3.61. The Balaban J connectivity index is 1.56. The number of carbonyl (C=O) groups excluding carboxylic acids is 2. The van der Waals surface area contributed by atoms with Crippen molar-refractivity contribution in [3.8, 4) is 17.2 Å². The summed E-state index contributed by atoms with van der Waals surface area (Å²) in [7, 11) is 3.21. The van der Waals surface area contributed by atoms with Crippen LogP contribution in [0.15, 0.2) is 58.7 Å². The molecule has 2 aromatic carbocycles. The van der Waals surface area contributed by atoms with Crippen LogP contribution in [-0.4, -0.2) is 44.4 Å². The number of para-hydroxylation sites is 1. The summed E-state index contributed by atoms with van der Waals surface area (Å²) in [5.41, 5.74) is 3.72. The van der Waals surface area contributed by atoms with E-state index in [2.05, 4.69) is 0 Å². The highest BCUT2D eigenvalue weighted by Crippen LogP contribution is 2.48. The molecule has 0 radical (unpaired) electrons. The number of fused-ring (bicyclic) bond motifs is 1. The molecule has 0 amide bonds. The molecule has 3 aliphatic rings. The van der Waals surface area contributed by atoms with E-state index >= 15 is 0 Å². The van der Waals surface area contributed by atoms with Gasteiger partial charge in [0.25, 0.3) is 0 Å². The van der Waals surface area contributed by atoms with E-state index in [0.717, 1.165) is 42.5 Å². The lowest BCUT2D eigenvalue weighted by atomic mass is 9.66. The van der Waals surface area contributed by atoms with E-state index in [1.54, 1.807) is 14.2 Å². The van der Waals surface area contributed by atoms with Crippen molar-refractivity contribution in [2.75, 3.05) is 20.8 Å². The lowest BCUT2D eigenvalue weighted by molar-refractivity contribution is -0.144. The van der Waals surface area contributed by atoms with Gasteiger partial charge in [0, 0.05) is 29.3 Å². The first-order valence-electron chi connectivity index (χ1n) is 13.9. The summed E-state index contributed by atoms with van der Waals surface area (Å²) in [5, 5.41) is 0. The molecular formula is C32H37NO6. The molecule has 0 bridgehead atoms. The second-order valence-electron chi connectivity index (χ2n) is 10.5. The summed E-state index contributed by atoms with van der Waals surface area (Å²) in [5.74, 6) is 0.559. The first kappa shape index (κ1) is 27.0. The molecule has 2 fully saturated rings. The molecule has 7 heteroatoms. The quantitative estimate of drug-likeness (QED) is 0.379. The van der Waals surface area contributed by atoms with Crippen LogP contribution in [0.3, 0.4) is 0 Å². The van der Waals surface area contributed by atoms with Gasteiger partial charge >= 0.3 is 5.97 Å². The van der Waals surface area contributed by atoms with Crippen LogP contribution in [0.25, 0.3) is 0 Å². The molecule has 39 heavy (non-hydrogen) atoms. The minimum Gasteiger partial charge on any atom is -0.494 e. The minimum atomic E-state index is -0.544. The van der Waals surface area contributed by atoms with Gasteiger partial charge in [-0.3, -0.25) is 9.79 Å². The van der Waals surface area contributed by atoms with Gasteiger partial charge in [0.1, 0.15) is 17.6 Å². The maximum Gasteiger partial charge on any atom is 0.336 e. The summed E-state index contributed by atoms with van der Waals surface area (Å²) in [6.07, 6.45) is 4.76. The maximum absolute atomic E-state index is 14.0. The second-order valence-corrected chi connectivity index (χ2v) is 10.5. The minimum absolute atomic E-state index is 0.0464. The van der Waals surface area contributed by atoms with Gasteiger partial charge in [-0.2, -0.15) is 0 Å². The molecule has 1 heterocycles. The Labute approximate surface area is 230 Å². The largest absolute Gasteiger partial charge is 0.494 e. The maximum atomic E-state index is 14.0. The van der Waals surface area contributed by atoms with E-state index in [9.17, 15) is 9.59 Å². The topological polar surface area (TPSA) is 83.4 Å². The molecule has 206 valence electrons. The third kappa shape index (κ3) is 5.32. The number of ether oxygens (including phenoxy) is 4. The molecule has 1 unspecified atom stereocenters. The van der Waals surface area contributed by atoms with E-state index < -0.39 is 11.8 Å². The third-order valence-electron chi connectivity index (χ3n) is 8.18.